The van der Waals surface area contributed by atoms with Crippen molar-refractivity contribution in [3.63, 3.8) is 0 Å². The van der Waals surface area contributed by atoms with E-state index in [0.29, 0.717) is 29.8 Å². The van der Waals surface area contributed by atoms with Crippen LogP contribution in [-0.4, -0.2) is 89.6 Å². The zero-order chi connectivity index (χ0) is 40.2. The number of rotatable bonds is 7. The van der Waals surface area contributed by atoms with Crippen molar-refractivity contribution in [3.8, 4) is 0 Å². The standard InChI is InChI=1S/C47H47ClFN7O3/c48-39-7-2-1-4-35(39)36-5-3-6-37-38(14-15-40-44(37)45(49)52-51-40)43(36)30-8-10-32(11-9-30)54-20-18-29(19-21-54)27-53-22-24-55(25-23-53)33-12-13-34-31(26-33)28-56(47(34)59)41-16-17-42(57)50-46(41)58/h1-2,4,7-15,26,29,41H,3,5-6,16-25,27-28H2,(H,51,52)(H,50,57,58)/t41-/m0/s1. The van der Waals surface area contributed by atoms with Gasteiger partial charge < -0.3 is 14.7 Å². The van der Waals surface area contributed by atoms with Gasteiger partial charge in [-0.1, -0.05) is 48.0 Å². The highest BCUT2D eigenvalue weighted by Gasteiger charge is 2.39. The summed E-state index contributed by atoms with van der Waals surface area (Å²) in [5.41, 5.74) is 11.1. The number of piperazine rings is 1. The number of amides is 3. The Hall–Kier alpha value is -5.52. The van der Waals surface area contributed by atoms with Gasteiger partial charge in [-0.25, -0.2) is 0 Å². The Morgan fingerprint density at radius 1 is 0.763 bits per heavy atom. The summed E-state index contributed by atoms with van der Waals surface area (Å²) < 4.78 is 15.1. The molecule has 3 saturated heterocycles. The van der Waals surface area contributed by atoms with Crippen molar-refractivity contribution in [3.05, 3.63) is 123 Å². The van der Waals surface area contributed by atoms with Gasteiger partial charge in [-0.15, -0.1) is 5.10 Å². The number of hydrogen-bond acceptors (Lipinski definition) is 7. The molecule has 0 unspecified atom stereocenters. The van der Waals surface area contributed by atoms with Crippen LogP contribution in [0.25, 0.3) is 22.0 Å². The van der Waals surface area contributed by atoms with Crippen molar-refractivity contribution in [2.24, 2.45) is 5.92 Å². The molecule has 302 valence electrons. The van der Waals surface area contributed by atoms with Crippen LogP contribution in [0.3, 0.4) is 0 Å². The molecule has 1 aliphatic carbocycles. The Labute approximate surface area is 348 Å². The quantitative estimate of drug-likeness (QED) is 0.165. The molecule has 3 amide bonds. The Kier molecular flexibility index (Phi) is 9.96. The van der Waals surface area contributed by atoms with Crippen LogP contribution in [0.1, 0.15) is 76.7 Å². The van der Waals surface area contributed by atoms with E-state index in [9.17, 15) is 14.4 Å². The number of benzene rings is 4. The highest BCUT2D eigenvalue weighted by Crippen LogP contribution is 2.44. The lowest BCUT2D eigenvalue weighted by Gasteiger charge is -2.40. The molecule has 0 spiro atoms. The molecule has 5 heterocycles. The van der Waals surface area contributed by atoms with E-state index in [1.165, 1.54) is 11.3 Å². The number of H-pyrrole nitrogens is 1. The van der Waals surface area contributed by atoms with E-state index in [4.69, 9.17) is 11.6 Å². The summed E-state index contributed by atoms with van der Waals surface area (Å²) in [4.78, 5) is 46.5. The van der Waals surface area contributed by atoms with E-state index in [-0.39, 0.29) is 24.1 Å². The maximum atomic E-state index is 15.1. The van der Waals surface area contributed by atoms with Gasteiger partial charge in [-0.2, -0.15) is 4.39 Å². The number of imide groups is 1. The molecule has 5 aliphatic rings. The molecule has 5 aromatic rings. The maximum absolute atomic E-state index is 15.1. The number of fused-ring (bicyclic) bond motifs is 4. The van der Waals surface area contributed by atoms with E-state index in [0.717, 1.165) is 128 Å². The SMILES string of the molecule is O=C1CC[C@H](N2Cc3cc(N4CCN(CC5CCN(c6ccc(C7=C(c8ccccc8Cl)CCCc8c7ccc7[nH]nc(F)c87)cc6)CC5)CC4)ccc3C2=O)C(=O)N1. The van der Waals surface area contributed by atoms with Crippen molar-refractivity contribution in [2.75, 3.05) is 55.6 Å². The van der Waals surface area contributed by atoms with Gasteiger partial charge in [0.1, 0.15) is 6.04 Å². The molecule has 59 heavy (non-hydrogen) atoms. The monoisotopic (exact) mass is 811 g/mol. The van der Waals surface area contributed by atoms with Gasteiger partial charge in [-0.3, -0.25) is 29.7 Å². The van der Waals surface area contributed by atoms with Crippen molar-refractivity contribution < 1.29 is 18.8 Å². The first-order valence-electron chi connectivity index (χ1n) is 21.0. The Morgan fingerprint density at radius 3 is 2.29 bits per heavy atom. The lowest BCUT2D eigenvalue weighted by Crippen LogP contribution is -2.52. The minimum absolute atomic E-state index is 0.133. The number of hydrogen-bond donors (Lipinski definition) is 2. The van der Waals surface area contributed by atoms with Crippen LogP contribution in [0.15, 0.2) is 78.9 Å². The average molecular weight is 812 g/mol. The highest BCUT2D eigenvalue weighted by atomic mass is 35.5. The van der Waals surface area contributed by atoms with Crippen LogP contribution in [0.2, 0.25) is 5.02 Å². The normalized spacial score (nSPS) is 20.6. The molecule has 4 aliphatic heterocycles. The number of nitrogens with one attached hydrogen (secondary N) is 2. The fourth-order valence-electron chi connectivity index (χ4n) is 10.2. The van der Waals surface area contributed by atoms with E-state index in [1.54, 1.807) is 4.90 Å². The summed E-state index contributed by atoms with van der Waals surface area (Å²) in [5, 5.41) is 10.5. The molecule has 2 N–H and O–H groups in total. The summed E-state index contributed by atoms with van der Waals surface area (Å²) in [6, 6.07) is 26.5. The molecule has 0 saturated carbocycles. The van der Waals surface area contributed by atoms with Crippen LogP contribution in [-0.2, 0) is 22.6 Å². The number of halogens is 2. The fraction of sp³-hybridized carbons (Fsp3) is 0.362. The van der Waals surface area contributed by atoms with E-state index in [2.05, 4.69) is 72.7 Å². The summed E-state index contributed by atoms with van der Waals surface area (Å²) in [6.45, 7) is 7.37. The van der Waals surface area contributed by atoms with Crippen LogP contribution >= 0.6 is 11.6 Å². The third kappa shape index (κ3) is 7.08. The van der Waals surface area contributed by atoms with Crippen molar-refractivity contribution in [1.29, 1.82) is 0 Å². The summed E-state index contributed by atoms with van der Waals surface area (Å²) in [6.07, 6.45) is 5.39. The predicted octanol–water partition coefficient (Wildman–Crippen LogP) is 7.45. The van der Waals surface area contributed by atoms with Gasteiger partial charge in [0.2, 0.25) is 17.8 Å². The second kappa shape index (κ2) is 15.6. The summed E-state index contributed by atoms with van der Waals surface area (Å²) >= 11 is 6.83. The number of nitrogens with zero attached hydrogens (tertiary/aromatic N) is 5. The Bertz CT molecular complexity index is 2500. The first kappa shape index (κ1) is 37.7. The molecule has 3 fully saturated rings. The third-order valence-electron chi connectivity index (χ3n) is 13.3. The number of aryl methyl sites for hydroxylation is 1. The number of allylic oxidation sites excluding steroid dienone is 1. The van der Waals surface area contributed by atoms with Crippen molar-refractivity contribution in [1.82, 2.24) is 25.3 Å². The van der Waals surface area contributed by atoms with Crippen molar-refractivity contribution >= 4 is 62.7 Å². The molecular formula is C47H47ClFN7O3. The number of carbonyl (C=O) groups excluding carboxylic acids is 3. The fourth-order valence-corrected chi connectivity index (χ4v) is 10.4. The lowest BCUT2D eigenvalue weighted by atomic mass is 9.87. The molecule has 1 aromatic heterocycles. The maximum Gasteiger partial charge on any atom is 0.255 e. The first-order valence-corrected chi connectivity index (χ1v) is 21.4. The Balaban J connectivity index is 0.774. The van der Waals surface area contributed by atoms with Gasteiger partial charge in [0.15, 0.2) is 0 Å². The van der Waals surface area contributed by atoms with Crippen molar-refractivity contribution in [2.45, 2.75) is 57.5 Å². The van der Waals surface area contributed by atoms with E-state index in [1.807, 2.05) is 36.4 Å². The number of aromatic amines is 1. The smallest absolute Gasteiger partial charge is 0.255 e. The van der Waals surface area contributed by atoms with Crippen LogP contribution < -0.4 is 15.1 Å². The highest BCUT2D eigenvalue weighted by molar-refractivity contribution is 6.32. The van der Waals surface area contributed by atoms with Gasteiger partial charge in [0, 0.05) is 80.7 Å². The second-order valence-electron chi connectivity index (χ2n) is 16.7. The molecule has 4 aromatic carbocycles. The average Bonchev–Trinajstić information content (AvgIpc) is 3.72. The van der Waals surface area contributed by atoms with Crippen LogP contribution in [0.4, 0.5) is 15.8 Å². The van der Waals surface area contributed by atoms with E-state index < -0.39 is 12.0 Å². The zero-order valence-corrected chi connectivity index (χ0v) is 33.7. The minimum Gasteiger partial charge on any atom is -0.372 e. The summed E-state index contributed by atoms with van der Waals surface area (Å²) in [5.74, 6) is -0.591. The number of aromatic nitrogens is 2. The van der Waals surface area contributed by atoms with Gasteiger partial charge in [0.05, 0.1) is 10.9 Å². The molecule has 1 atom stereocenters. The Morgan fingerprint density at radius 2 is 1.51 bits per heavy atom. The largest absolute Gasteiger partial charge is 0.372 e. The molecule has 0 bridgehead atoms. The van der Waals surface area contributed by atoms with Crippen LogP contribution in [0.5, 0.6) is 0 Å². The van der Waals surface area contributed by atoms with Gasteiger partial charge in [0.25, 0.3) is 5.91 Å². The second-order valence-corrected chi connectivity index (χ2v) is 17.1. The lowest BCUT2D eigenvalue weighted by molar-refractivity contribution is -0.136. The van der Waals surface area contributed by atoms with E-state index >= 15 is 4.39 Å². The van der Waals surface area contributed by atoms with Gasteiger partial charge in [-0.05, 0) is 126 Å². The third-order valence-corrected chi connectivity index (χ3v) is 13.6. The molecule has 10 nitrogen and oxygen atoms in total. The predicted molar refractivity (Wildman–Crippen MR) is 229 cm³/mol. The number of carbonyl (C=O) groups is 3. The molecule has 10 rings (SSSR count). The van der Waals surface area contributed by atoms with Gasteiger partial charge >= 0.3 is 0 Å². The molecule has 12 heteroatoms. The topological polar surface area (TPSA) is 105 Å². The number of anilines is 2. The molecule has 0 radical (unpaired) electrons. The van der Waals surface area contributed by atoms with Crippen LogP contribution in [0, 0.1) is 11.9 Å². The minimum atomic E-state index is -0.599. The zero-order valence-electron chi connectivity index (χ0n) is 33.0. The first-order chi connectivity index (χ1) is 28.8. The summed E-state index contributed by atoms with van der Waals surface area (Å²) in [7, 11) is 0. The number of piperidine rings is 2. The molecular weight excluding hydrogens is 765 g/mol.